The third kappa shape index (κ3) is 2.85. The van der Waals surface area contributed by atoms with Gasteiger partial charge < -0.3 is 15.2 Å². The SMILES string of the molecule is CC(CN)CCC(=O)N1CCn2ccnc2C1. The number of carbonyl (C=O) groups excluding carboxylic acids is 1. The molecule has 1 amide bonds. The van der Waals surface area contributed by atoms with Crippen LogP contribution in [0.25, 0.3) is 0 Å². The summed E-state index contributed by atoms with van der Waals surface area (Å²) in [6, 6.07) is 0. The van der Waals surface area contributed by atoms with Gasteiger partial charge in [-0.15, -0.1) is 0 Å². The van der Waals surface area contributed by atoms with Crippen LogP contribution in [0.2, 0.25) is 0 Å². The molecule has 0 bridgehead atoms. The van der Waals surface area contributed by atoms with Crippen molar-refractivity contribution >= 4 is 5.91 Å². The summed E-state index contributed by atoms with van der Waals surface area (Å²) in [7, 11) is 0. The zero-order chi connectivity index (χ0) is 12.3. The summed E-state index contributed by atoms with van der Waals surface area (Å²) in [5.74, 6) is 1.63. The van der Waals surface area contributed by atoms with Gasteiger partial charge in [-0.05, 0) is 18.9 Å². The van der Waals surface area contributed by atoms with Crippen molar-refractivity contribution in [3.8, 4) is 0 Å². The van der Waals surface area contributed by atoms with E-state index in [2.05, 4.69) is 16.5 Å². The van der Waals surface area contributed by atoms with Crippen LogP contribution in [-0.4, -0.2) is 33.4 Å². The van der Waals surface area contributed by atoms with E-state index in [-0.39, 0.29) is 5.91 Å². The fourth-order valence-electron chi connectivity index (χ4n) is 2.03. The smallest absolute Gasteiger partial charge is 0.223 e. The number of rotatable bonds is 4. The maximum atomic E-state index is 12.0. The van der Waals surface area contributed by atoms with Gasteiger partial charge in [-0.3, -0.25) is 4.79 Å². The standard InChI is InChI=1S/C12H20N4O/c1-10(8-13)2-3-12(17)16-7-6-15-5-4-14-11(15)9-16/h4-5,10H,2-3,6-9,13H2,1H3. The van der Waals surface area contributed by atoms with Gasteiger partial charge in [0.15, 0.2) is 0 Å². The molecule has 2 heterocycles. The molecule has 2 N–H and O–H groups in total. The van der Waals surface area contributed by atoms with E-state index in [0.717, 1.165) is 25.3 Å². The highest BCUT2D eigenvalue weighted by Crippen LogP contribution is 2.13. The van der Waals surface area contributed by atoms with E-state index in [9.17, 15) is 4.79 Å². The second kappa shape index (κ2) is 5.31. The third-order valence-corrected chi connectivity index (χ3v) is 3.35. The van der Waals surface area contributed by atoms with E-state index in [1.165, 1.54) is 0 Å². The van der Waals surface area contributed by atoms with Crippen molar-refractivity contribution in [2.24, 2.45) is 11.7 Å². The lowest BCUT2D eigenvalue weighted by molar-refractivity contribution is -0.133. The van der Waals surface area contributed by atoms with Crippen LogP contribution in [0, 0.1) is 5.92 Å². The van der Waals surface area contributed by atoms with Crippen molar-refractivity contribution in [2.45, 2.75) is 32.9 Å². The number of nitrogens with two attached hydrogens (primary N) is 1. The van der Waals surface area contributed by atoms with Gasteiger partial charge in [0, 0.05) is 31.9 Å². The number of hydrogen-bond donors (Lipinski definition) is 1. The van der Waals surface area contributed by atoms with Crippen LogP contribution < -0.4 is 5.73 Å². The molecule has 1 aromatic rings. The Morgan fingerprint density at radius 1 is 1.59 bits per heavy atom. The minimum atomic E-state index is 0.222. The minimum absolute atomic E-state index is 0.222. The third-order valence-electron chi connectivity index (χ3n) is 3.35. The molecule has 0 aromatic carbocycles. The first-order valence-corrected chi connectivity index (χ1v) is 6.18. The highest BCUT2D eigenvalue weighted by molar-refractivity contribution is 5.76. The second-order valence-corrected chi connectivity index (χ2v) is 4.73. The molecule has 94 valence electrons. The first-order chi connectivity index (χ1) is 8.20. The number of fused-ring (bicyclic) bond motifs is 1. The first-order valence-electron chi connectivity index (χ1n) is 6.18. The highest BCUT2D eigenvalue weighted by Gasteiger charge is 2.20. The summed E-state index contributed by atoms with van der Waals surface area (Å²) in [5, 5.41) is 0. The molecule has 0 aliphatic carbocycles. The van der Waals surface area contributed by atoms with Gasteiger partial charge in [0.2, 0.25) is 5.91 Å². The fourth-order valence-corrected chi connectivity index (χ4v) is 2.03. The Kier molecular flexibility index (Phi) is 3.78. The molecule has 0 fully saturated rings. The first kappa shape index (κ1) is 12.1. The van der Waals surface area contributed by atoms with Gasteiger partial charge in [0.25, 0.3) is 0 Å². The Labute approximate surface area is 102 Å². The van der Waals surface area contributed by atoms with E-state index in [4.69, 9.17) is 5.73 Å². The fraction of sp³-hybridized carbons (Fsp3) is 0.667. The number of aromatic nitrogens is 2. The van der Waals surface area contributed by atoms with Crippen LogP contribution in [-0.2, 0) is 17.9 Å². The lowest BCUT2D eigenvalue weighted by atomic mass is 10.1. The molecule has 5 nitrogen and oxygen atoms in total. The van der Waals surface area contributed by atoms with Crippen molar-refractivity contribution in [3.63, 3.8) is 0 Å². The second-order valence-electron chi connectivity index (χ2n) is 4.73. The zero-order valence-electron chi connectivity index (χ0n) is 10.3. The van der Waals surface area contributed by atoms with Crippen molar-refractivity contribution in [3.05, 3.63) is 18.2 Å². The summed E-state index contributed by atoms with van der Waals surface area (Å²) in [4.78, 5) is 18.1. The predicted molar refractivity (Wildman–Crippen MR) is 65.1 cm³/mol. The maximum Gasteiger partial charge on any atom is 0.223 e. The molecule has 1 aliphatic rings. The molecule has 0 spiro atoms. The van der Waals surface area contributed by atoms with Gasteiger partial charge in [0.1, 0.15) is 5.82 Å². The van der Waals surface area contributed by atoms with Gasteiger partial charge in [-0.1, -0.05) is 6.92 Å². The summed E-state index contributed by atoms with van der Waals surface area (Å²) in [6.07, 6.45) is 5.23. The number of amides is 1. The zero-order valence-corrected chi connectivity index (χ0v) is 10.3. The molecule has 0 saturated heterocycles. The summed E-state index contributed by atoms with van der Waals surface area (Å²) >= 11 is 0. The number of nitrogens with zero attached hydrogens (tertiary/aromatic N) is 3. The van der Waals surface area contributed by atoms with Crippen LogP contribution in [0.4, 0.5) is 0 Å². The average Bonchev–Trinajstić information content (AvgIpc) is 2.82. The maximum absolute atomic E-state index is 12.0. The van der Waals surface area contributed by atoms with E-state index in [1.54, 1.807) is 6.20 Å². The van der Waals surface area contributed by atoms with E-state index in [0.29, 0.717) is 25.4 Å². The van der Waals surface area contributed by atoms with E-state index >= 15 is 0 Å². The van der Waals surface area contributed by atoms with Crippen molar-refractivity contribution in [2.75, 3.05) is 13.1 Å². The summed E-state index contributed by atoms with van der Waals surface area (Å²) in [5.41, 5.74) is 5.55. The molecular formula is C12H20N4O. The monoisotopic (exact) mass is 236 g/mol. The van der Waals surface area contributed by atoms with Crippen molar-refractivity contribution in [1.29, 1.82) is 0 Å². The lowest BCUT2D eigenvalue weighted by Gasteiger charge is -2.28. The molecule has 1 aromatic heterocycles. The predicted octanol–water partition coefficient (Wildman–Crippen LogP) is 0.600. The molecule has 0 saturated carbocycles. The van der Waals surface area contributed by atoms with Gasteiger partial charge in [-0.2, -0.15) is 0 Å². The topological polar surface area (TPSA) is 64.2 Å². The lowest BCUT2D eigenvalue weighted by Crippen LogP contribution is -2.38. The summed E-state index contributed by atoms with van der Waals surface area (Å²) < 4.78 is 2.10. The Morgan fingerprint density at radius 3 is 3.18 bits per heavy atom. The highest BCUT2D eigenvalue weighted by atomic mass is 16.2. The van der Waals surface area contributed by atoms with Crippen LogP contribution in [0.15, 0.2) is 12.4 Å². The van der Waals surface area contributed by atoms with Crippen LogP contribution in [0.3, 0.4) is 0 Å². The molecule has 1 unspecified atom stereocenters. The Bertz CT molecular complexity index is 388. The van der Waals surface area contributed by atoms with Crippen molar-refractivity contribution in [1.82, 2.24) is 14.5 Å². The van der Waals surface area contributed by atoms with E-state index in [1.807, 2.05) is 11.1 Å². The molecule has 17 heavy (non-hydrogen) atoms. The quantitative estimate of drug-likeness (QED) is 0.832. The normalized spacial score (nSPS) is 16.7. The Balaban J connectivity index is 1.86. The van der Waals surface area contributed by atoms with Crippen LogP contribution >= 0.6 is 0 Å². The van der Waals surface area contributed by atoms with Crippen LogP contribution in [0.5, 0.6) is 0 Å². The number of hydrogen-bond acceptors (Lipinski definition) is 3. The molecule has 1 aliphatic heterocycles. The average molecular weight is 236 g/mol. The van der Waals surface area contributed by atoms with Gasteiger partial charge in [0.05, 0.1) is 6.54 Å². The molecule has 5 heteroatoms. The number of imidazole rings is 1. The molecular weight excluding hydrogens is 216 g/mol. The minimum Gasteiger partial charge on any atom is -0.333 e. The van der Waals surface area contributed by atoms with E-state index < -0.39 is 0 Å². The molecule has 2 rings (SSSR count). The Morgan fingerprint density at radius 2 is 2.41 bits per heavy atom. The molecule has 1 atom stereocenters. The molecule has 0 radical (unpaired) electrons. The van der Waals surface area contributed by atoms with Gasteiger partial charge >= 0.3 is 0 Å². The summed E-state index contributed by atoms with van der Waals surface area (Å²) in [6.45, 7) is 5.02. The Hall–Kier alpha value is -1.36. The van der Waals surface area contributed by atoms with Crippen LogP contribution in [0.1, 0.15) is 25.6 Å². The largest absolute Gasteiger partial charge is 0.333 e. The number of carbonyl (C=O) groups is 1. The van der Waals surface area contributed by atoms with Crippen molar-refractivity contribution < 1.29 is 4.79 Å². The van der Waals surface area contributed by atoms with Gasteiger partial charge in [-0.25, -0.2) is 4.98 Å².